The van der Waals surface area contributed by atoms with Crippen molar-refractivity contribution < 1.29 is 8.42 Å². The summed E-state index contributed by atoms with van der Waals surface area (Å²) < 4.78 is 31.0. The molecule has 6 heteroatoms. The summed E-state index contributed by atoms with van der Waals surface area (Å²) in [5, 5.41) is 0. The van der Waals surface area contributed by atoms with Crippen LogP contribution in [-0.4, -0.2) is 37.5 Å². The molecule has 1 aromatic carbocycles. The maximum atomic E-state index is 13.0. The molecule has 0 radical (unpaired) electrons. The molecule has 26 heavy (non-hydrogen) atoms. The Kier molecular flexibility index (Phi) is 5.55. The van der Waals surface area contributed by atoms with Crippen molar-refractivity contribution in [3.05, 3.63) is 52.8 Å². The molecule has 0 saturated carbocycles. The average molecular weight is 376 g/mol. The molecule has 1 unspecified atom stereocenters. The molecule has 142 valence electrons. The van der Waals surface area contributed by atoms with Gasteiger partial charge in [-0.05, 0) is 70.0 Å². The van der Waals surface area contributed by atoms with Gasteiger partial charge < -0.3 is 4.57 Å². The van der Waals surface area contributed by atoms with Crippen LogP contribution in [-0.2, 0) is 17.1 Å². The van der Waals surface area contributed by atoms with Crippen molar-refractivity contribution in [2.45, 2.75) is 44.6 Å². The number of benzene rings is 1. The quantitative estimate of drug-likeness (QED) is 0.844. The molecule has 1 aliphatic heterocycles. The lowest BCUT2D eigenvalue weighted by Gasteiger charge is -2.28. The van der Waals surface area contributed by atoms with E-state index in [0.717, 1.165) is 35.5 Å². The number of aryl methyl sites for hydroxylation is 4. The zero-order valence-electron chi connectivity index (χ0n) is 16.1. The maximum absolute atomic E-state index is 13.0. The van der Waals surface area contributed by atoms with E-state index in [1.807, 2.05) is 52.2 Å². The normalized spacial score (nSPS) is 16.9. The average Bonchev–Trinajstić information content (AvgIpc) is 3.19. The lowest BCUT2D eigenvalue weighted by Crippen LogP contribution is -2.38. The second kappa shape index (κ2) is 7.55. The summed E-state index contributed by atoms with van der Waals surface area (Å²) in [7, 11) is -1.54. The summed E-state index contributed by atoms with van der Waals surface area (Å²) in [5.74, 6) is 0. The van der Waals surface area contributed by atoms with E-state index in [2.05, 4.69) is 20.3 Å². The fourth-order valence-electron chi connectivity index (χ4n) is 4.15. The first-order valence-electron chi connectivity index (χ1n) is 9.22. The van der Waals surface area contributed by atoms with Crippen molar-refractivity contribution in [1.29, 1.82) is 0 Å². The topological polar surface area (TPSA) is 54.3 Å². The highest BCUT2D eigenvalue weighted by Crippen LogP contribution is 2.26. The Morgan fingerprint density at radius 1 is 1.12 bits per heavy atom. The van der Waals surface area contributed by atoms with Crippen molar-refractivity contribution in [1.82, 2.24) is 14.2 Å². The van der Waals surface area contributed by atoms with Gasteiger partial charge in [-0.25, -0.2) is 13.1 Å². The highest BCUT2D eigenvalue weighted by atomic mass is 32.2. The van der Waals surface area contributed by atoms with Gasteiger partial charge in [-0.2, -0.15) is 0 Å². The summed E-state index contributed by atoms with van der Waals surface area (Å²) in [6, 6.07) is 8.01. The predicted molar refractivity (Wildman–Crippen MR) is 105 cm³/mol. The third-order valence-corrected chi connectivity index (χ3v) is 6.97. The third kappa shape index (κ3) is 3.87. The zero-order chi connectivity index (χ0) is 18.9. The Morgan fingerprint density at radius 2 is 1.73 bits per heavy atom. The number of hydrogen-bond acceptors (Lipinski definition) is 3. The number of nitrogens with zero attached hydrogens (tertiary/aromatic N) is 2. The maximum Gasteiger partial charge on any atom is 0.241 e. The zero-order valence-corrected chi connectivity index (χ0v) is 16.9. The molecule has 3 rings (SSSR count). The van der Waals surface area contributed by atoms with E-state index in [-0.39, 0.29) is 6.04 Å². The van der Waals surface area contributed by atoms with E-state index in [0.29, 0.717) is 11.4 Å². The van der Waals surface area contributed by atoms with E-state index in [1.54, 1.807) is 0 Å². The molecule has 1 fully saturated rings. The van der Waals surface area contributed by atoms with Crippen LogP contribution in [0.4, 0.5) is 0 Å². The first kappa shape index (κ1) is 19.1. The summed E-state index contributed by atoms with van der Waals surface area (Å²) >= 11 is 0. The Morgan fingerprint density at radius 3 is 2.27 bits per heavy atom. The Hall–Kier alpha value is -1.63. The van der Waals surface area contributed by atoms with Gasteiger partial charge in [-0.15, -0.1) is 0 Å². The minimum Gasteiger partial charge on any atom is -0.353 e. The van der Waals surface area contributed by atoms with E-state index < -0.39 is 10.0 Å². The van der Waals surface area contributed by atoms with E-state index >= 15 is 0 Å². The molecule has 0 spiro atoms. The molecule has 0 amide bonds. The van der Waals surface area contributed by atoms with Gasteiger partial charge in [0.05, 0.1) is 10.9 Å². The van der Waals surface area contributed by atoms with Crippen LogP contribution < -0.4 is 4.72 Å². The number of hydrogen-bond donors (Lipinski definition) is 1. The fraction of sp³-hybridized carbons (Fsp3) is 0.500. The largest absolute Gasteiger partial charge is 0.353 e. The monoisotopic (exact) mass is 375 g/mol. The summed E-state index contributed by atoms with van der Waals surface area (Å²) in [4.78, 5) is 2.79. The fourth-order valence-corrected chi connectivity index (χ4v) is 5.63. The Bertz CT molecular complexity index is 857. The van der Waals surface area contributed by atoms with Gasteiger partial charge >= 0.3 is 0 Å². The van der Waals surface area contributed by atoms with Gasteiger partial charge in [0.1, 0.15) is 0 Å². The molecule has 0 bridgehead atoms. The standard InChI is InChI=1S/C20H29N3O2S/c1-15-12-16(2)20(17(3)13-15)26(24,25)21-14-19(23-10-5-6-11-23)18-8-7-9-22(18)4/h7-9,12-13,19,21H,5-6,10-11,14H2,1-4H3. The molecule has 2 heterocycles. The number of aromatic nitrogens is 1. The molecule has 5 nitrogen and oxygen atoms in total. The van der Waals surface area contributed by atoms with Gasteiger partial charge in [0, 0.05) is 25.5 Å². The van der Waals surface area contributed by atoms with Crippen LogP contribution in [0.25, 0.3) is 0 Å². The molecular formula is C20H29N3O2S. The molecule has 1 N–H and O–H groups in total. The summed E-state index contributed by atoms with van der Waals surface area (Å²) in [6.07, 6.45) is 4.36. The first-order valence-corrected chi connectivity index (χ1v) is 10.7. The van der Waals surface area contributed by atoms with E-state index in [1.165, 1.54) is 12.8 Å². The van der Waals surface area contributed by atoms with Crippen LogP contribution in [0.15, 0.2) is 35.4 Å². The van der Waals surface area contributed by atoms with Gasteiger partial charge in [-0.3, -0.25) is 4.90 Å². The van der Waals surface area contributed by atoms with E-state index in [4.69, 9.17) is 0 Å². The SMILES string of the molecule is Cc1cc(C)c(S(=O)(=O)NCC(c2cccn2C)N2CCCC2)c(C)c1. The third-order valence-electron chi connectivity index (χ3n) is 5.25. The second-order valence-corrected chi connectivity index (χ2v) is 9.09. The Balaban J connectivity index is 1.86. The van der Waals surface area contributed by atoms with Crippen molar-refractivity contribution in [3.63, 3.8) is 0 Å². The van der Waals surface area contributed by atoms with Crippen molar-refractivity contribution in [3.8, 4) is 0 Å². The van der Waals surface area contributed by atoms with Crippen LogP contribution in [0.5, 0.6) is 0 Å². The van der Waals surface area contributed by atoms with Gasteiger partial charge in [0.25, 0.3) is 0 Å². The summed E-state index contributed by atoms with van der Waals surface area (Å²) in [6.45, 7) is 8.13. The highest BCUT2D eigenvalue weighted by molar-refractivity contribution is 7.89. The van der Waals surface area contributed by atoms with Crippen molar-refractivity contribution in [2.75, 3.05) is 19.6 Å². The molecule has 1 atom stereocenters. The number of nitrogens with one attached hydrogen (secondary N) is 1. The number of rotatable bonds is 6. The van der Waals surface area contributed by atoms with Crippen LogP contribution in [0.3, 0.4) is 0 Å². The van der Waals surface area contributed by atoms with Crippen molar-refractivity contribution in [2.24, 2.45) is 7.05 Å². The van der Waals surface area contributed by atoms with Gasteiger partial charge in [0.2, 0.25) is 10.0 Å². The lowest BCUT2D eigenvalue weighted by atomic mass is 10.1. The molecule has 1 aliphatic rings. The van der Waals surface area contributed by atoms with Crippen LogP contribution in [0.1, 0.15) is 41.3 Å². The highest BCUT2D eigenvalue weighted by Gasteiger charge is 2.28. The number of sulfonamides is 1. The smallest absolute Gasteiger partial charge is 0.241 e. The first-order chi connectivity index (χ1) is 12.3. The second-order valence-electron chi connectivity index (χ2n) is 7.38. The molecule has 2 aromatic rings. The summed E-state index contributed by atoms with van der Waals surface area (Å²) in [5.41, 5.74) is 3.82. The molecule has 0 aliphatic carbocycles. The van der Waals surface area contributed by atoms with E-state index in [9.17, 15) is 8.42 Å². The number of likely N-dealkylation sites (tertiary alicyclic amines) is 1. The Labute approximate surface area is 157 Å². The minimum atomic E-state index is -3.55. The molecular weight excluding hydrogens is 346 g/mol. The van der Waals surface area contributed by atoms with Crippen LogP contribution in [0, 0.1) is 20.8 Å². The predicted octanol–water partition coefficient (Wildman–Crippen LogP) is 3.07. The van der Waals surface area contributed by atoms with Crippen molar-refractivity contribution >= 4 is 10.0 Å². The van der Waals surface area contributed by atoms with Crippen LogP contribution in [0.2, 0.25) is 0 Å². The molecule has 1 saturated heterocycles. The van der Waals surface area contributed by atoms with Gasteiger partial charge in [-0.1, -0.05) is 17.7 Å². The molecule has 1 aromatic heterocycles. The minimum absolute atomic E-state index is 0.0540. The van der Waals surface area contributed by atoms with Crippen LogP contribution >= 0.6 is 0 Å². The van der Waals surface area contributed by atoms with Gasteiger partial charge in [0.15, 0.2) is 0 Å². The lowest BCUT2D eigenvalue weighted by molar-refractivity contribution is 0.238.